The number of rotatable bonds is 7. The lowest BCUT2D eigenvalue weighted by molar-refractivity contribution is 0.0823. The molecule has 106 valence electrons. The Hall–Kier alpha value is -0.850. The number of nitrogens with zero attached hydrogens (tertiary/aromatic N) is 3. The molecule has 2 atom stereocenters. The molecule has 1 saturated heterocycles. The minimum absolute atomic E-state index is 0.119. The van der Waals surface area contributed by atoms with E-state index in [4.69, 9.17) is 15.7 Å². The Kier molecular flexibility index (Phi) is 6.38. The Morgan fingerprint density at radius 1 is 1.67 bits per heavy atom. The molecule has 1 rings (SSSR count). The second-order valence-electron chi connectivity index (χ2n) is 5.08. The van der Waals surface area contributed by atoms with Crippen molar-refractivity contribution in [1.82, 2.24) is 9.80 Å². The first-order valence-corrected chi connectivity index (χ1v) is 6.52. The van der Waals surface area contributed by atoms with Gasteiger partial charge in [0.25, 0.3) is 0 Å². The molecule has 1 aliphatic rings. The minimum atomic E-state index is -0.336. The summed E-state index contributed by atoms with van der Waals surface area (Å²) in [5, 5.41) is 11.4. The summed E-state index contributed by atoms with van der Waals surface area (Å²) in [6.45, 7) is 5.49. The Morgan fingerprint density at radius 2 is 2.39 bits per heavy atom. The van der Waals surface area contributed by atoms with Crippen LogP contribution in [-0.2, 0) is 4.74 Å². The lowest BCUT2D eigenvalue weighted by atomic mass is 10.2. The van der Waals surface area contributed by atoms with Crippen LogP contribution in [0.3, 0.4) is 0 Å². The van der Waals surface area contributed by atoms with Crippen LogP contribution in [0.2, 0.25) is 0 Å². The molecule has 0 aromatic heterocycles. The van der Waals surface area contributed by atoms with Gasteiger partial charge >= 0.3 is 0 Å². The van der Waals surface area contributed by atoms with Crippen molar-refractivity contribution in [1.29, 1.82) is 0 Å². The molecule has 6 heteroatoms. The van der Waals surface area contributed by atoms with Crippen LogP contribution in [0.4, 0.5) is 0 Å². The number of oxime groups is 1. The van der Waals surface area contributed by atoms with Crippen LogP contribution in [0.25, 0.3) is 0 Å². The molecular weight excluding hydrogens is 232 g/mol. The molecule has 0 saturated carbocycles. The molecule has 0 aromatic rings. The predicted molar refractivity (Wildman–Crippen MR) is 72.0 cm³/mol. The number of ether oxygens (including phenoxy) is 1. The SMILES string of the molecule is CC(OCCN(C)CC1CCCN1C)C(N)=NO. The fourth-order valence-corrected chi connectivity index (χ4v) is 2.21. The van der Waals surface area contributed by atoms with Crippen LogP contribution in [0, 0.1) is 0 Å². The Morgan fingerprint density at radius 3 is 2.94 bits per heavy atom. The molecule has 1 fully saturated rings. The van der Waals surface area contributed by atoms with Crippen molar-refractivity contribution in [2.24, 2.45) is 10.9 Å². The van der Waals surface area contributed by atoms with Gasteiger partial charge in [0, 0.05) is 19.1 Å². The summed E-state index contributed by atoms with van der Waals surface area (Å²) in [6.07, 6.45) is 2.24. The lowest BCUT2D eigenvalue weighted by Gasteiger charge is -2.26. The standard InChI is InChI=1S/C12H26N4O2/c1-10(12(13)14-17)18-8-7-15(2)9-11-5-4-6-16(11)3/h10-11,17H,4-9H2,1-3H3,(H2,13,14). The first-order valence-electron chi connectivity index (χ1n) is 6.52. The lowest BCUT2D eigenvalue weighted by Crippen LogP contribution is -2.38. The number of amidine groups is 1. The normalized spacial score (nSPS) is 23.8. The molecule has 0 spiro atoms. The predicted octanol–water partition coefficient (Wildman–Crippen LogP) is 0.164. The van der Waals surface area contributed by atoms with Gasteiger partial charge in [0.15, 0.2) is 5.84 Å². The van der Waals surface area contributed by atoms with Gasteiger partial charge in [0.1, 0.15) is 6.10 Å². The van der Waals surface area contributed by atoms with Crippen LogP contribution in [0.1, 0.15) is 19.8 Å². The van der Waals surface area contributed by atoms with E-state index in [2.05, 4.69) is 29.1 Å². The number of likely N-dealkylation sites (tertiary alicyclic amines) is 1. The molecule has 1 heterocycles. The molecular formula is C12H26N4O2. The summed E-state index contributed by atoms with van der Waals surface area (Å²) in [6, 6.07) is 0.663. The monoisotopic (exact) mass is 258 g/mol. The smallest absolute Gasteiger partial charge is 0.168 e. The summed E-state index contributed by atoms with van der Waals surface area (Å²) >= 11 is 0. The molecule has 0 aliphatic carbocycles. The van der Waals surface area contributed by atoms with Gasteiger partial charge in [0.2, 0.25) is 0 Å². The second-order valence-corrected chi connectivity index (χ2v) is 5.08. The van der Waals surface area contributed by atoms with Crippen molar-refractivity contribution in [3.05, 3.63) is 0 Å². The quantitative estimate of drug-likeness (QED) is 0.294. The fraction of sp³-hybridized carbons (Fsp3) is 0.917. The van der Waals surface area contributed by atoms with Crippen molar-refractivity contribution in [3.63, 3.8) is 0 Å². The first kappa shape index (κ1) is 15.2. The zero-order valence-electron chi connectivity index (χ0n) is 11.7. The van der Waals surface area contributed by atoms with E-state index in [-0.39, 0.29) is 11.9 Å². The molecule has 18 heavy (non-hydrogen) atoms. The maximum Gasteiger partial charge on any atom is 0.168 e. The van der Waals surface area contributed by atoms with E-state index in [9.17, 15) is 0 Å². The third kappa shape index (κ3) is 4.80. The first-order chi connectivity index (χ1) is 8.54. The van der Waals surface area contributed by atoms with E-state index in [1.165, 1.54) is 19.4 Å². The topological polar surface area (TPSA) is 74.3 Å². The minimum Gasteiger partial charge on any atom is -0.409 e. The summed E-state index contributed by atoms with van der Waals surface area (Å²) in [5.74, 6) is 0.119. The van der Waals surface area contributed by atoms with Gasteiger partial charge in [-0.2, -0.15) is 0 Å². The van der Waals surface area contributed by atoms with Gasteiger partial charge in [0.05, 0.1) is 6.61 Å². The van der Waals surface area contributed by atoms with Crippen LogP contribution in [0.15, 0.2) is 5.16 Å². The van der Waals surface area contributed by atoms with Gasteiger partial charge in [-0.25, -0.2) is 0 Å². The van der Waals surface area contributed by atoms with Crippen LogP contribution in [0.5, 0.6) is 0 Å². The molecule has 0 radical (unpaired) electrons. The number of hydrogen-bond acceptors (Lipinski definition) is 5. The second kappa shape index (κ2) is 7.56. The maximum absolute atomic E-state index is 8.50. The number of nitrogens with two attached hydrogens (primary N) is 1. The molecule has 2 unspecified atom stereocenters. The molecule has 6 nitrogen and oxygen atoms in total. The Balaban J connectivity index is 2.15. The van der Waals surface area contributed by atoms with E-state index in [0.29, 0.717) is 12.6 Å². The van der Waals surface area contributed by atoms with E-state index < -0.39 is 0 Å². The highest BCUT2D eigenvalue weighted by Crippen LogP contribution is 2.15. The molecule has 3 N–H and O–H groups in total. The van der Waals surface area contributed by atoms with E-state index in [0.717, 1.165) is 13.1 Å². The third-order valence-corrected chi connectivity index (χ3v) is 3.57. The van der Waals surface area contributed by atoms with Gasteiger partial charge in [-0.05, 0) is 40.4 Å². The van der Waals surface area contributed by atoms with Gasteiger partial charge in [-0.3, -0.25) is 0 Å². The van der Waals surface area contributed by atoms with Crippen LogP contribution < -0.4 is 5.73 Å². The summed E-state index contributed by atoms with van der Waals surface area (Å²) in [5.41, 5.74) is 5.44. The van der Waals surface area contributed by atoms with Gasteiger partial charge in [-0.15, -0.1) is 0 Å². The van der Waals surface area contributed by atoms with E-state index >= 15 is 0 Å². The Bertz CT molecular complexity index is 273. The summed E-state index contributed by atoms with van der Waals surface area (Å²) < 4.78 is 5.49. The Labute approximate surface area is 109 Å². The third-order valence-electron chi connectivity index (χ3n) is 3.57. The number of likely N-dealkylation sites (N-methyl/N-ethyl adjacent to an activating group) is 2. The molecule has 0 aromatic carbocycles. The summed E-state index contributed by atoms with van der Waals surface area (Å²) in [7, 11) is 4.28. The highest BCUT2D eigenvalue weighted by molar-refractivity contribution is 5.83. The van der Waals surface area contributed by atoms with Crippen molar-refractivity contribution in [2.75, 3.05) is 40.3 Å². The van der Waals surface area contributed by atoms with Crippen LogP contribution >= 0.6 is 0 Å². The van der Waals surface area contributed by atoms with Crippen molar-refractivity contribution in [3.8, 4) is 0 Å². The number of hydrogen-bond donors (Lipinski definition) is 2. The highest BCUT2D eigenvalue weighted by Gasteiger charge is 2.21. The zero-order valence-corrected chi connectivity index (χ0v) is 11.7. The van der Waals surface area contributed by atoms with Crippen LogP contribution in [-0.4, -0.2) is 73.3 Å². The fourth-order valence-electron chi connectivity index (χ4n) is 2.21. The van der Waals surface area contributed by atoms with Gasteiger partial charge in [-0.1, -0.05) is 5.16 Å². The van der Waals surface area contributed by atoms with Crippen molar-refractivity contribution in [2.45, 2.75) is 31.9 Å². The van der Waals surface area contributed by atoms with Gasteiger partial charge < -0.3 is 25.5 Å². The molecule has 1 aliphatic heterocycles. The highest BCUT2D eigenvalue weighted by atomic mass is 16.5. The summed E-state index contributed by atoms with van der Waals surface area (Å²) in [4.78, 5) is 4.68. The average Bonchev–Trinajstić information content (AvgIpc) is 2.73. The van der Waals surface area contributed by atoms with E-state index in [1.807, 2.05) is 0 Å². The molecule has 0 bridgehead atoms. The average molecular weight is 258 g/mol. The van der Waals surface area contributed by atoms with E-state index in [1.54, 1.807) is 6.92 Å². The molecule has 0 amide bonds. The van der Waals surface area contributed by atoms with Crippen molar-refractivity contribution >= 4 is 5.84 Å². The maximum atomic E-state index is 8.50. The van der Waals surface area contributed by atoms with Crippen molar-refractivity contribution < 1.29 is 9.94 Å². The zero-order chi connectivity index (χ0) is 13.5. The largest absolute Gasteiger partial charge is 0.409 e.